The molecular formula is C17H25N3O. The Morgan fingerprint density at radius 3 is 2.33 bits per heavy atom. The summed E-state index contributed by atoms with van der Waals surface area (Å²) in [5, 5.41) is 7.53. The van der Waals surface area contributed by atoms with Crippen LogP contribution in [0.1, 0.15) is 62.5 Å². The van der Waals surface area contributed by atoms with Crippen molar-refractivity contribution < 1.29 is 4.52 Å². The molecule has 0 saturated heterocycles. The Bertz CT molecular complexity index is 560. The van der Waals surface area contributed by atoms with Gasteiger partial charge < -0.3 is 9.84 Å². The number of hydrogen-bond donors (Lipinski definition) is 1. The zero-order valence-corrected chi connectivity index (χ0v) is 13.6. The largest absolute Gasteiger partial charge is 0.338 e. The lowest BCUT2D eigenvalue weighted by Crippen LogP contribution is -2.30. The van der Waals surface area contributed by atoms with Crippen LogP contribution >= 0.6 is 0 Å². The highest BCUT2D eigenvalue weighted by atomic mass is 16.5. The molecule has 0 aliphatic rings. The van der Waals surface area contributed by atoms with E-state index in [2.05, 4.69) is 74.3 Å². The second-order valence-corrected chi connectivity index (χ2v) is 6.12. The minimum absolute atomic E-state index is 0.0606. The Labute approximate surface area is 127 Å². The van der Waals surface area contributed by atoms with Gasteiger partial charge in [0.25, 0.3) is 0 Å². The van der Waals surface area contributed by atoms with E-state index in [0.717, 1.165) is 12.2 Å². The van der Waals surface area contributed by atoms with Crippen molar-refractivity contribution in [1.29, 1.82) is 0 Å². The summed E-state index contributed by atoms with van der Waals surface area (Å²) >= 11 is 0. The molecular weight excluding hydrogens is 262 g/mol. The third-order valence-corrected chi connectivity index (χ3v) is 3.54. The van der Waals surface area contributed by atoms with E-state index in [-0.39, 0.29) is 6.04 Å². The number of rotatable bonds is 6. The molecule has 0 bridgehead atoms. The van der Waals surface area contributed by atoms with Crippen LogP contribution in [0.2, 0.25) is 0 Å². The lowest BCUT2D eigenvalue weighted by Gasteiger charge is -2.17. The van der Waals surface area contributed by atoms with Gasteiger partial charge in [-0.05, 0) is 32.8 Å². The quantitative estimate of drug-likeness (QED) is 0.878. The molecule has 0 saturated carbocycles. The van der Waals surface area contributed by atoms with Crippen molar-refractivity contribution in [3.8, 4) is 0 Å². The van der Waals surface area contributed by atoms with E-state index >= 15 is 0 Å². The second kappa shape index (κ2) is 6.85. The summed E-state index contributed by atoms with van der Waals surface area (Å²) in [5.41, 5.74) is 2.63. The summed E-state index contributed by atoms with van der Waals surface area (Å²) in [6, 6.07) is 9.07. The minimum atomic E-state index is 0.0606. The number of benzene rings is 1. The van der Waals surface area contributed by atoms with Gasteiger partial charge in [0.2, 0.25) is 5.89 Å². The SMILES string of the molecule is Cc1ccc(CC(C)NC(C)c2nc(C(C)C)no2)cc1. The van der Waals surface area contributed by atoms with E-state index < -0.39 is 0 Å². The molecule has 1 aromatic heterocycles. The van der Waals surface area contributed by atoms with Gasteiger partial charge >= 0.3 is 0 Å². The highest BCUT2D eigenvalue weighted by molar-refractivity contribution is 5.22. The van der Waals surface area contributed by atoms with Crippen LogP contribution in [-0.4, -0.2) is 16.2 Å². The Hall–Kier alpha value is -1.68. The van der Waals surface area contributed by atoms with Gasteiger partial charge in [0, 0.05) is 12.0 Å². The molecule has 1 N–H and O–H groups in total. The summed E-state index contributed by atoms with van der Waals surface area (Å²) in [7, 11) is 0. The molecule has 0 aliphatic carbocycles. The molecule has 4 nitrogen and oxygen atoms in total. The van der Waals surface area contributed by atoms with Crippen LogP contribution in [0.15, 0.2) is 28.8 Å². The van der Waals surface area contributed by atoms with E-state index in [1.165, 1.54) is 11.1 Å². The summed E-state index contributed by atoms with van der Waals surface area (Å²) in [4.78, 5) is 4.44. The summed E-state index contributed by atoms with van der Waals surface area (Å²) < 4.78 is 5.33. The first kappa shape index (κ1) is 15.7. The molecule has 4 heteroatoms. The first-order chi connectivity index (χ1) is 9.95. The summed E-state index contributed by atoms with van der Waals surface area (Å²) in [6.07, 6.45) is 0.982. The van der Waals surface area contributed by atoms with Crippen molar-refractivity contribution in [2.75, 3.05) is 0 Å². The van der Waals surface area contributed by atoms with E-state index in [1.54, 1.807) is 0 Å². The molecule has 0 radical (unpaired) electrons. The van der Waals surface area contributed by atoms with Gasteiger partial charge in [-0.2, -0.15) is 4.98 Å². The first-order valence-corrected chi connectivity index (χ1v) is 7.60. The second-order valence-electron chi connectivity index (χ2n) is 6.12. The molecule has 0 spiro atoms. The van der Waals surface area contributed by atoms with E-state index in [4.69, 9.17) is 4.52 Å². The first-order valence-electron chi connectivity index (χ1n) is 7.60. The minimum Gasteiger partial charge on any atom is -0.338 e. The molecule has 0 fully saturated rings. The zero-order chi connectivity index (χ0) is 15.4. The fraction of sp³-hybridized carbons (Fsp3) is 0.529. The maximum Gasteiger partial charge on any atom is 0.243 e. The van der Waals surface area contributed by atoms with Crippen LogP contribution < -0.4 is 5.32 Å². The predicted octanol–water partition coefficient (Wildman–Crippen LogP) is 3.78. The number of aryl methyl sites for hydroxylation is 1. The topological polar surface area (TPSA) is 51.0 Å². The van der Waals surface area contributed by atoms with Crippen molar-refractivity contribution in [3.05, 3.63) is 47.1 Å². The lowest BCUT2D eigenvalue weighted by molar-refractivity contribution is 0.323. The van der Waals surface area contributed by atoms with Crippen LogP contribution in [0.4, 0.5) is 0 Å². The van der Waals surface area contributed by atoms with Gasteiger partial charge in [0.05, 0.1) is 6.04 Å². The molecule has 114 valence electrons. The molecule has 0 aliphatic heterocycles. The lowest BCUT2D eigenvalue weighted by atomic mass is 10.0. The van der Waals surface area contributed by atoms with Crippen LogP contribution in [0.5, 0.6) is 0 Å². The molecule has 1 aromatic carbocycles. The third kappa shape index (κ3) is 4.39. The highest BCUT2D eigenvalue weighted by Crippen LogP contribution is 2.16. The maximum atomic E-state index is 5.33. The van der Waals surface area contributed by atoms with Gasteiger partial charge in [-0.15, -0.1) is 0 Å². The number of aromatic nitrogens is 2. The fourth-order valence-corrected chi connectivity index (χ4v) is 2.29. The Balaban J connectivity index is 1.91. The molecule has 2 rings (SSSR count). The Kier molecular flexibility index (Phi) is 5.12. The van der Waals surface area contributed by atoms with E-state index in [1.807, 2.05) is 0 Å². The van der Waals surface area contributed by atoms with Crippen LogP contribution in [0, 0.1) is 6.92 Å². The third-order valence-electron chi connectivity index (χ3n) is 3.54. The summed E-state index contributed by atoms with van der Waals surface area (Å²) in [5.74, 6) is 1.72. The van der Waals surface area contributed by atoms with Crippen LogP contribution in [-0.2, 0) is 6.42 Å². The van der Waals surface area contributed by atoms with Crippen molar-refractivity contribution >= 4 is 0 Å². The molecule has 2 unspecified atom stereocenters. The molecule has 2 atom stereocenters. The zero-order valence-electron chi connectivity index (χ0n) is 13.6. The van der Waals surface area contributed by atoms with Crippen molar-refractivity contribution in [2.24, 2.45) is 0 Å². The Morgan fingerprint density at radius 1 is 1.10 bits per heavy atom. The molecule has 1 heterocycles. The van der Waals surface area contributed by atoms with Gasteiger partial charge in [-0.3, -0.25) is 0 Å². The van der Waals surface area contributed by atoms with Gasteiger partial charge in [-0.25, -0.2) is 0 Å². The smallest absolute Gasteiger partial charge is 0.243 e. The molecule has 21 heavy (non-hydrogen) atoms. The normalized spacial score (nSPS) is 14.4. The fourth-order valence-electron chi connectivity index (χ4n) is 2.29. The average molecular weight is 287 g/mol. The highest BCUT2D eigenvalue weighted by Gasteiger charge is 2.17. The van der Waals surface area contributed by atoms with E-state index in [0.29, 0.717) is 17.9 Å². The molecule has 0 amide bonds. The maximum absolute atomic E-state index is 5.33. The Morgan fingerprint density at radius 2 is 1.76 bits per heavy atom. The van der Waals surface area contributed by atoms with Gasteiger partial charge in [0.15, 0.2) is 5.82 Å². The van der Waals surface area contributed by atoms with Crippen molar-refractivity contribution in [2.45, 2.75) is 59.0 Å². The van der Waals surface area contributed by atoms with Crippen molar-refractivity contribution in [1.82, 2.24) is 15.5 Å². The van der Waals surface area contributed by atoms with Gasteiger partial charge in [0.1, 0.15) is 0 Å². The van der Waals surface area contributed by atoms with Crippen LogP contribution in [0.3, 0.4) is 0 Å². The van der Waals surface area contributed by atoms with Gasteiger partial charge in [-0.1, -0.05) is 48.8 Å². The monoisotopic (exact) mass is 287 g/mol. The number of nitrogens with zero attached hydrogens (tertiary/aromatic N) is 2. The number of nitrogens with one attached hydrogen (secondary N) is 1. The van der Waals surface area contributed by atoms with Crippen LogP contribution in [0.25, 0.3) is 0 Å². The summed E-state index contributed by atoms with van der Waals surface area (Å²) in [6.45, 7) is 10.5. The van der Waals surface area contributed by atoms with E-state index in [9.17, 15) is 0 Å². The standard InChI is InChI=1S/C17H25N3O/c1-11(2)16-19-17(21-20-16)14(5)18-13(4)10-15-8-6-12(3)7-9-15/h6-9,11,13-14,18H,10H2,1-5H3. The molecule has 2 aromatic rings. The number of hydrogen-bond acceptors (Lipinski definition) is 4. The average Bonchev–Trinajstić information content (AvgIpc) is 2.91. The predicted molar refractivity (Wildman–Crippen MR) is 84.3 cm³/mol. The van der Waals surface area contributed by atoms with Crippen molar-refractivity contribution in [3.63, 3.8) is 0 Å².